The molecule has 0 unspecified atom stereocenters. The van der Waals surface area contributed by atoms with Crippen molar-refractivity contribution in [1.82, 2.24) is 4.57 Å². The number of benzene rings is 3. The second-order valence-corrected chi connectivity index (χ2v) is 6.46. The van der Waals surface area contributed by atoms with E-state index >= 15 is 0 Å². The van der Waals surface area contributed by atoms with Crippen LogP contribution in [-0.2, 0) is 7.05 Å². The van der Waals surface area contributed by atoms with Crippen LogP contribution in [0.15, 0.2) is 36.4 Å². The molecule has 0 atom stereocenters. The summed E-state index contributed by atoms with van der Waals surface area (Å²) >= 11 is 0. The van der Waals surface area contributed by atoms with E-state index in [9.17, 15) is 0 Å². The van der Waals surface area contributed by atoms with Gasteiger partial charge in [0.2, 0.25) is 0 Å². The first-order chi connectivity index (χ1) is 10.5. The Hall–Kier alpha value is -2.28. The van der Waals surface area contributed by atoms with E-state index < -0.39 is 0 Å². The fourth-order valence-electron chi connectivity index (χ4n) is 3.94. The summed E-state index contributed by atoms with van der Waals surface area (Å²) in [6, 6.07) is 13.2. The van der Waals surface area contributed by atoms with Gasteiger partial charge in [-0.25, -0.2) is 0 Å². The highest BCUT2D eigenvalue weighted by molar-refractivity contribution is 6.22. The predicted molar refractivity (Wildman–Crippen MR) is 96.9 cm³/mol. The van der Waals surface area contributed by atoms with Gasteiger partial charge in [-0.3, -0.25) is 0 Å². The van der Waals surface area contributed by atoms with Gasteiger partial charge in [-0.1, -0.05) is 30.3 Å². The average Bonchev–Trinajstić information content (AvgIpc) is 2.84. The Morgan fingerprint density at radius 2 is 1.36 bits per heavy atom. The summed E-state index contributed by atoms with van der Waals surface area (Å²) in [5.74, 6) is 0. The lowest BCUT2D eigenvalue weighted by Gasteiger charge is -2.12. The molecule has 0 fully saturated rings. The Morgan fingerprint density at radius 1 is 0.682 bits per heavy atom. The van der Waals surface area contributed by atoms with Crippen LogP contribution < -0.4 is 0 Å². The molecule has 0 spiro atoms. The summed E-state index contributed by atoms with van der Waals surface area (Å²) in [6.45, 7) is 9.02. The van der Waals surface area contributed by atoms with Gasteiger partial charge in [-0.2, -0.15) is 0 Å². The maximum absolute atomic E-state index is 2.37. The quantitative estimate of drug-likeness (QED) is 0.390. The summed E-state index contributed by atoms with van der Waals surface area (Å²) in [5, 5.41) is 5.50. The lowest BCUT2D eigenvalue weighted by atomic mass is 9.93. The van der Waals surface area contributed by atoms with Crippen molar-refractivity contribution in [1.29, 1.82) is 0 Å². The molecule has 1 aromatic heterocycles. The average molecular weight is 287 g/mol. The lowest BCUT2D eigenvalue weighted by Crippen LogP contribution is -1.96. The zero-order chi connectivity index (χ0) is 15.6. The number of nitrogens with zero attached hydrogens (tertiary/aromatic N) is 1. The van der Waals surface area contributed by atoms with E-state index in [2.05, 4.69) is 75.7 Å². The molecule has 1 heterocycles. The molecule has 0 amide bonds. The van der Waals surface area contributed by atoms with Crippen LogP contribution in [-0.4, -0.2) is 4.57 Å². The second-order valence-electron chi connectivity index (χ2n) is 6.46. The highest BCUT2D eigenvalue weighted by Crippen LogP contribution is 2.39. The summed E-state index contributed by atoms with van der Waals surface area (Å²) in [7, 11) is 2.20. The topological polar surface area (TPSA) is 4.93 Å². The van der Waals surface area contributed by atoms with Gasteiger partial charge in [0.15, 0.2) is 0 Å². The molecule has 0 saturated carbocycles. The smallest absolute Gasteiger partial charge is 0.0524 e. The van der Waals surface area contributed by atoms with Gasteiger partial charge >= 0.3 is 0 Å². The molecule has 4 aromatic rings. The van der Waals surface area contributed by atoms with Crippen molar-refractivity contribution in [2.75, 3.05) is 0 Å². The molecule has 110 valence electrons. The molecular weight excluding hydrogens is 266 g/mol. The largest absolute Gasteiger partial charge is 0.343 e. The van der Waals surface area contributed by atoms with Gasteiger partial charge < -0.3 is 4.57 Å². The minimum atomic E-state index is 1.32. The van der Waals surface area contributed by atoms with Gasteiger partial charge in [-0.15, -0.1) is 0 Å². The van der Waals surface area contributed by atoms with Crippen LogP contribution in [0.25, 0.3) is 32.6 Å². The number of aryl methyl sites for hydroxylation is 3. The van der Waals surface area contributed by atoms with Crippen molar-refractivity contribution in [3.05, 3.63) is 58.7 Å². The molecule has 3 aromatic carbocycles. The fraction of sp³-hybridized carbons (Fsp3) is 0.238. The molecule has 0 radical (unpaired) electrons. The first kappa shape index (κ1) is 13.4. The third-order valence-corrected chi connectivity index (χ3v) is 5.51. The van der Waals surface area contributed by atoms with Crippen LogP contribution in [0.5, 0.6) is 0 Å². The number of rotatable bonds is 0. The van der Waals surface area contributed by atoms with Crippen LogP contribution in [0.2, 0.25) is 0 Å². The first-order valence-electron chi connectivity index (χ1n) is 7.88. The van der Waals surface area contributed by atoms with Gasteiger partial charge in [0.05, 0.1) is 5.52 Å². The number of hydrogen-bond donors (Lipinski definition) is 0. The van der Waals surface area contributed by atoms with E-state index in [-0.39, 0.29) is 0 Å². The van der Waals surface area contributed by atoms with Gasteiger partial charge in [-0.05, 0) is 66.8 Å². The van der Waals surface area contributed by atoms with Crippen LogP contribution in [0.3, 0.4) is 0 Å². The Balaban J connectivity index is 2.44. The van der Waals surface area contributed by atoms with E-state index in [0.717, 1.165) is 0 Å². The lowest BCUT2D eigenvalue weighted by molar-refractivity contribution is 1.00. The molecule has 4 rings (SSSR count). The van der Waals surface area contributed by atoms with E-state index in [0.29, 0.717) is 0 Å². The first-order valence-corrected chi connectivity index (χ1v) is 7.88. The molecule has 0 N–H and O–H groups in total. The Bertz CT molecular complexity index is 1060. The van der Waals surface area contributed by atoms with Crippen LogP contribution in [0.4, 0.5) is 0 Å². The number of hydrogen-bond acceptors (Lipinski definition) is 0. The van der Waals surface area contributed by atoms with Crippen molar-refractivity contribution < 1.29 is 0 Å². The van der Waals surface area contributed by atoms with E-state index in [1.54, 1.807) is 0 Å². The second kappa shape index (κ2) is 4.36. The van der Waals surface area contributed by atoms with Crippen molar-refractivity contribution in [3.8, 4) is 0 Å². The molecule has 22 heavy (non-hydrogen) atoms. The van der Waals surface area contributed by atoms with Crippen molar-refractivity contribution >= 4 is 32.6 Å². The van der Waals surface area contributed by atoms with Gasteiger partial charge in [0.25, 0.3) is 0 Å². The summed E-state index contributed by atoms with van der Waals surface area (Å²) in [6.07, 6.45) is 0. The van der Waals surface area contributed by atoms with E-state index in [1.165, 1.54) is 54.8 Å². The zero-order valence-corrected chi connectivity index (χ0v) is 13.9. The molecular formula is C21H21N. The van der Waals surface area contributed by atoms with E-state index in [1.807, 2.05) is 0 Å². The maximum atomic E-state index is 2.37. The fourth-order valence-corrected chi connectivity index (χ4v) is 3.94. The molecule has 1 nitrogen and oxygen atoms in total. The molecule has 0 saturated heterocycles. The number of fused-ring (bicyclic) bond motifs is 5. The molecule has 0 bridgehead atoms. The molecule has 1 heteroatoms. The Morgan fingerprint density at radius 3 is 2.14 bits per heavy atom. The van der Waals surface area contributed by atoms with Crippen molar-refractivity contribution in [2.24, 2.45) is 7.05 Å². The van der Waals surface area contributed by atoms with Crippen LogP contribution in [0.1, 0.15) is 22.3 Å². The summed E-state index contributed by atoms with van der Waals surface area (Å²) in [4.78, 5) is 0. The van der Waals surface area contributed by atoms with Crippen LogP contribution >= 0.6 is 0 Å². The molecule has 0 aliphatic heterocycles. The third kappa shape index (κ3) is 1.49. The highest BCUT2D eigenvalue weighted by atomic mass is 14.9. The minimum Gasteiger partial charge on any atom is -0.343 e. The summed E-state index contributed by atoms with van der Waals surface area (Å²) < 4.78 is 2.37. The zero-order valence-electron chi connectivity index (χ0n) is 13.9. The van der Waals surface area contributed by atoms with Gasteiger partial charge in [0.1, 0.15) is 0 Å². The van der Waals surface area contributed by atoms with Crippen LogP contribution in [0, 0.1) is 27.7 Å². The third-order valence-electron chi connectivity index (χ3n) is 5.51. The standard InChI is InChI=1S/C21H21N/c1-12-13(2)15(4)21-19(14(12)3)20-17-9-7-6-8-16(17)10-11-18(20)22(21)5/h6-11H,1-5H3. The van der Waals surface area contributed by atoms with Crippen molar-refractivity contribution in [2.45, 2.75) is 27.7 Å². The molecule has 0 aliphatic carbocycles. The minimum absolute atomic E-state index is 1.32. The van der Waals surface area contributed by atoms with Crippen molar-refractivity contribution in [3.63, 3.8) is 0 Å². The Labute approximate surface area is 131 Å². The Kier molecular flexibility index (Phi) is 2.65. The summed E-state index contributed by atoms with van der Waals surface area (Å²) in [5.41, 5.74) is 8.36. The maximum Gasteiger partial charge on any atom is 0.0524 e. The molecule has 0 aliphatic rings. The number of aromatic nitrogens is 1. The SMILES string of the molecule is Cc1c(C)c(C)c2c(c1C)c1c3ccccc3ccc1n2C. The normalized spacial score (nSPS) is 11.9. The van der Waals surface area contributed by atoms with E-state index in [4.69, 9.17) is 0 Å². The monoisotopic (exact) mass is 287 g/mol. The highest BCUT2D eigenvalue weighted by Gasteiger charge is 2.18. The van der Waals surface area contributed by atoms with Gasteiger partial charge in [0, 0.05) is 23.3 Å². The predicted octanol–water partition coefficient (Wildman–Crippen LogP) is 5.72.